The number of nitrogens with one attached hydrogen (secondary N) is 2. The molecule has 0 spiro atoms. The van der Waals surface area contributed by atoms with Crippen molar-refractivity contribution in [2.24, 2.45) is 5.92 Å². The molecule has 2 atom stereocenters. The molecule has 0 fully saturated rings. The van der Waals surface area contributed by atoms with Gasteiger partial charge in [0.15, 0.2) is 0 Å². The van der Waals surface area contributed by atoms with Gasteiger partial charge in [-0.2, -0.15) is 4.98 Å². The second-order valence-corrected chi connectivity index (χ2v) is 4.74. The lowest BCUT2D eigenvalue weighted by Crippen LogP contribution is -2.27. The lowest BCUT2D eigenvalue weighted by molar-refractivity contribution is 0.226. The number of aryl methyl sites for hydroxylation is 1. The van der Waals surface area contributed by atoms with E-state index in [4.69, 9.17) is 5.11 Å². The molecule has 0 aliphatic heterocycles. The molecule has 18 heavy (non-hydrogen) atoms. The number of nitrogens with zero attached hydrogens (tertiary/aromatic N) is 2. The Morgan fingerprint density at radius 2 is 2.06 bits per heavy atom. The van der Waals surface area contributed by atoms with Gasteiger partial charge >= 0.3 is 0 Å². The average molecular weight is 252 g/mol. The lowest BCUT2D eigenvalue weighted by Gasteiger charge is -2.20. The van der Waals surface area contributed by atoms with Gasteiger partial charge in [-0.15, -0.1) is 0 Å². The van der Waals surface area contributed by atoms with Gasteiger partial charge in [0.25, 0.3) is 0 Å². The molecule has 1 rings (SSSR count). The summed E-state index contributed by atoms with van der Waals surface area (Å²) in [6.07, 6.45) is 1.04. The Bertz CT molecular complexity index is 370. The molecule has 5 nitrogen and oxygen atoms in total. The molecule has 0 radical (unpaired) electrons. The van der Waals surface area contributed by atoms with Crippen LogP contribution in [0.2, 0.25) is 0 Å². The van der Waals surface area contributed by atoms with Gasteiger partial charge < -0.3 is 15.7 Å². The molecular formula is C13H24N4O. The van der Waals surface area contributed by atoms with Crippen LogP contribution in [0.3, 0.4) is 0 Å². The van der Waals surface area contributed by atoms with E-state index in [9.17, 15) is 0 Å². The summed E-state index contributed by atoms with van der Waals surface area (Å²) in [5.74, 6) is 1.64. The van der Waals surface area contributed by atoms with Crippen LogP contribution in [0.5, 0.6) is 0 Å². The Hall–Kier alpha value is -1.36. The highest BCUT2D eigenvalue weighted by atomic mass is 16.3. The van der Waals surface area contributed by atoms with Gasteiger partial charge in [0.2, 0.25) is 5.95 Å². The summed E-state index contributed by atoms with van der Waals surface area (Å²) in [6, 6.07) is 2.08. The van der Waals surface area contributed by atoms with Crippen LogP contribution < -0.4 is 10.6 Å². The van der Waals surface area contributed by atoms with Crippen molar-refractivity contribution in [2.75, 3.05) is 23.8 Å². The standard InChI is InChI=1S/C13H24N4O/c1-5-6-14-13-15-10(3)7-12(17-13)16-11(4)9(2)8-18/h7,9,11,18H,5-6,8H2,1-4H3,(H2,14,15,16,17). The Labute approximate surface area is 109 Å². The summed E-state index contributed by atoms with van der Waals surface area (Å²) in [6.45, 7) is 9.13. The average Bonchev–Trinajstić information content (AvgIpc) is 2.34. The predicted octanol–water partition coefficient (Wildman–Crippen LogP) is 2.04. The molecule has 0 saturated heterocycles. The van der Waals surface area contributed by atoms with E-state index in [2.05, 4.69) is 27.5 Å². The van der Waals surface area contributed by atoms with Crippen LogP contribution in [0.1, 0.15) is 32.9 Å². The molecule has 1 aromatic rings. The number of hydrogen-bond acceptors (Lipinski definition) is 5. The topological polar surface area (TPSA) is 70.1 Å². The van der Waals surface area contributed by atoms with Crippen LogP contribution in [0, 0.1) is 12.8 Å². The van der Waals surface area contributed by atoms with Crippen molar-refractivity contribution in [2.45, 2.75) is 40.2 Å². The van der Waals surface area contributed by atoms with Crippen LogP contribution in [-0.2, 0) is 0 Å². The van der Waals surface area contributed by atoms with Crippen molar-refractivity contribution in [1.29, 1.82) is 0 Å². The SMILES string of the molecule is CCCNc1nc(C)cc(NC(C)C(C)CO)n1. The molecule has 102 valence electrons. The lowest BCUT2D eigenvalue weighted by atomic mass is 10.1. The molecule has 0 amide bonds. The van der Waals surface area contributed by atoms with E-state index in [-0.39, 0.29) is 18.6 Å². The van der Waals surface area contributed by atoms with Gasteiger partial charge in [0.1, 0.15) is 5.82 Å². The van der Waals surface area contributed by atoms with Crippen LogP contribution in [0.15, 0.2) is 6.07 Å². The number of aliphatic hydroxyl groups excluding tert-OH is 1. The molecule has 2 unspecified atom stereocenters. The zero-order chi connectivity index (χ0) is 13.5. The second-order valence-electron chi connectivity index (χ2n) is 4.74. The quantitative estimate of drug-likeness (QED) is 0.692. The number of rotatable bonds is 7. The van der Waals surface area contributed by atoms with E-state index in [0.717, 1.165) is 24.5 Å². The van der Waals surface area contributed by atoms with Gasteiger partial charge in [-0.3, -0.25) is 0 Å². The molecule has 0 aromatic carbocycles. The van der Waals surface area contributed by atoms with Crippen molar-refractivity contribution >= 4 is 11.8 Å². The first kappa shape index (κ1) is 14.7. The third kappa shape index (κ3) is 4.49. The van der Waals surface area contributed by atoms with Gasteiger partial charge in [-0.1, -0.05) is 13.8 Å². The summed E-state index contributed by atoms with van der Waals surface area (Å²) in [4.78, 5) is 8.74. The van der Waals surface area contributed by atoms with Gasteiger partial charge in [-0.05, 0) is 26.2 Å². The monoisotopic (exact) mass is 252 g/mol. The van der Waals surface area contributed by atoms with E-state index in [1.54, 1.807) is 0 Å². The first-order chi connectivity index (χ1) is 8.56. The molecule has 0 aliphatic carbocycles. The minimum Gasteiger partial charge on any atom is -0.396 e. The van der Waals surface area contributed by atoms with E-state index in [1.165, 1.54) is 0 Å². The Balaban J connectivity index is 2.73. The molecule has 0 bridgehead atoms. The smallest absolute Gasteiger partial charge is 0.224 e. The van der Waals surface area contributed by atoms with Crippen LogP contribution in [0.4, 0.5) is 11.8 Å². The van der Waals surface area contributed by atoms with E-state index < -0.39 is 0 Å². The van der Waals surface area contributed by atoms with Gasteiger partial charge in [-0.25, -0.2) is 4.98 Å². The van der Waals surface area contributed by atoms with Crippen molar-refractivity contribution in [3.05, 3.63) is 11.8 Å². The van der Waals surface area contributed by atoms with Crippen LogP contribution >= 0.6 is 0 Å². The predicted molar refractivity (Wildman–Crippen MR) is 74.9 cm³/mol. The summed E-state index contributed by atoms with van der Waals surface area (Å²) in [7, 11) is 0. The van der Waals surface area contributed by atoms with Crippen molar-refractivity contribution in [3.8, 4) is 0 Å². The first-order valence-electron chi connectivity index (χ1n) is 6.53. The summed E-state index contributed by atoms with van der Waals surface area (Å²) < 4.78 is 0. The van der Waals surface area contributed by atoms with Crippen molar-refractivity contribution in [3.63, 3.8) is 0 Å². The minimum atomic E-state index is 0.166. The second kappa shape index (κ2) is 7.16. The molecule has 1 aromatic heterocycles. The maximum absolute atomic E-state index is 9.12. The molecular weight excluding hydrogens is 228 g/mol. The number of aromatic nitrogens is 2. The first-order valence-corrected chi connectivity index (χ1v) is 6.53. The summed E-state index contributed by atoms with van der Waals surface area (Å²) in [5, 5.41) is 15.6. The number of anilines is 2. The molecule has 1 heterocycles. The fourth-order valence-electron chi connectivity index (χ4n) is 1.49. The normalized spacial score (nSPS) is 14.1. The molecule has 3 N–H and O–H groups in total. The summed E-state index contributed by atoms with van der Waals surface area (Å²) in [5.41, 5.74) is 0.926. The third-order valence-electron chi connectivity index (χ3n) is 2.90. The Kier molecular flexibility index (Phi) is 5.85. The molecule has 0 saturated carbocycles. The maximum atomic E-state index is 9.12. The van der Waals surface area contributed by atoms with E-state index >= 15 is 0 Å². The van der Waals surface area contributed by atoms with Gasteiger partial charge in [0, 0.05) is 31.0 Å². The number of hydrogen-bond donors (Lipinski definition) is 3. The highest BCUT2D eigenvalue weighted by Gasteiger charge is 2.12. The summed E-state index contributed by atoms with van der Waals surface area (Å²) >= 11 is 0. The highest BCUT2D eigenvalue weighted by Crippen LogP contribution is 2.13. The zero-order valence-electron chi connectivity index (χ0n) is 11.7. The largest absolute Gasteiger partial charge is 0.396 e. The van der Waals surface area contributed by atoms with Crippen LogP contribution in [0.25, 0.3) is 0 Å². The van der Waals surface area contributed by atoms with E-state index in [1.807, 2.05) is 26.8 Å². The van der Waals surface area contributed by atoms with Crippen LogP contribution in [-0.4, -0.2) is 34.3 Å². The zero-order valence-corrected chi connectivity index (χ0v) is 11.7. The fourth-order valence-corrected chi connectivity index (χ4v) is 1.49. The fraction of sp³-hybridized carbons (Fsp3) is 0.692. The third-order valence-corrected chi connectivity index (χ3v) is 2.90. The Morgan fingerprint density at radius 1 is 1.33 bits per heavy atom. The van der Waals surface area contributed by atoms with Crippen molar-refractivity contribution < 1.29 is 5.11 Å². The molecule has 0 aliphatic rings. The van der Waals surface area contributed by atoms with Gasteiger partial charge in [0.05, 0.1) is 0 Å². The Morgan fingerprint density at radius 3 is 2.67 bits per heavy atom. The molecule has 5 heteroatoms. The maximum Gasteiger partial charge on any atom is 0.224 e. The minimum absolute atomic E-state index is 0.166. The van der Waals surface area contributed by atoms with E-state index in [0.29, 0.717) is 5.95 Å². The number of aliphatic hydroxyl groups is 1. The van der Waals surface area contributed by atoms with Crippen molar-refractivity contribution in [1.82, 2.24) is 9.97 Å². The highest BCUT2D eigenvalue weighted by molar-refractivity contribution is 5.42.